The van der Waals surface area contributed by atoms with Crippen LogP contribution in [0.5, 0.6) is 5.75 Å². The van der Waals surface area contributed by atoms with Crippen LogP contribution < -0.4 is 21.5 Å². The number of carboxylic acid groups (broad SMARTS) is 1. The molecule has 0 aliphatic carbocycles. The highest BCUT2D eigenvalue weighted by atomic mass is 32.2. The Morgan fingerprint density at radius 2 is 2.07 bits per heavy atom. The lowest BCUT2D eigenvalue weighted by molar-refractivity contribution is -0.137. The van der Waals surface area contributed by atoms with E-state index >= 15 is 0 Å². The number of carboxylic acids is 1. The minimum atomic E-state index is -1.05. The van der Waals surface area contributed by atoms with Crippen LogP contribution in [0, 0.1) is 0 Å². The summed E-state index contributed by atoms with van der Waals surface area (Å²) < 4.78 is 6.20. The second-order valence-corrected chi connectivity index (χ2v) is 6.21. The van der Waals surface area contributed by atoms with Crippen LogP contribution in [-0.4, -0.2) is 44.2 Å². The number of aromatic nitrogens is 3. The lowest BCUT2D eigenvalue weighted by atomic mass is 10.2. The number of thioether (sulfide) groups is 1. The van der Waals surface area contributed by atoms with Crippen molar-refractivity contribution < 1.29 is 19.4 Å². The lowest BCUT2D eigenvalue weighted by Crippen LogP contribution is -2.34. The number of benzene rings is 1. The molecule has 0 atom stereocenters. The minimum absolute atomic E-state index is 0.0423. The predicted molar refractivity (Wildman–Crippen MR) is 99.4 cm³/mol. The fourth-order valence-electron chi connectivity index (χ4n) is 2.07. The third kappa shape index (κ3) is 5.71. The molecular weight excluding hydrogens is 374 g/mol. The maximum Gasteiger partial charge on any atom is 0.303 e. The number of nitrogens with zero attached hydrogens (tertiary/aromatic N) is 3. The van der Waals surface area contributed by atoms with Crippen LogP contribution in [0.25, 0.3) is 0 Å². The molecule has 0 spiro atoms. The molecule has 11 heteroatoms. The minimum Gasteiger partial charge on any atom is -0.492 e. The van der Waals surface area contributed by atoms with Crippen molar-refractivity contribution in [3.63, 3.8) is 0 Å². The number of nitrogen functional groups attached to an aromatic ring is 1. The van der Waals surface area contributed by atoms with Crippen molar-refractivity contribution in [1.82, 2.24) is 14.9 Å². The van der Waals surface area contributed by atoms with Gasteiger partial charge in [0.25, 0.3) is 5.56 Å². The molecular formula is C16H19N5O5S. The number of carbonyl (C=O) groups is 2. The van der Waals surface area contributed by atoms with E-state index in [2.05, 4.69) is 15.5 Å². The first-order valence-electron chi connectivity index (χ1n) is 8.02. The molecule has 1 amide bonds. The van der Waals surface area contributed by atoms with Crippen molar-refractivity contribution in [1.29, 1.82) is 0 Å². The Morgan fingerprint density at radius 1 is 1.33 bits per heavy atom. The van der Waals surface area contributed by atoms with Crippen molar-refractivity contribution in [2.75, 3.05) is 23.5 Å². The standard InChI is InChI=1S/C16H19N5O5S/c1-2-26-12-6-4-3-5-10(12)18-13(22)9-27-16-20-19-11(7-8-14(23)24)15(25)21(16)17/h3-6H,2,7-9,17H2,1H3,(H,18,22)(H,23,24). The van der Waals surface area contributed by atoms with E-state index in [1.807, 2.05) is 6.92 Å². The summed E-state index contributed by atoms with van der Waals surface area (Å²) in [6, 6.07) is 7.02. The number of aliphatic carboxylic acids is 1. The maximum absolute atomic E-state index is 12.2. The van der Waals surface area contributed by atoms with E-state index < -0.39 is 11.5 Å². The van der Waals surface area contributed by atoms with Crippen molar-refractivity contribution in [3.05, 3.63) is 40.3 Å². The molecule has 0 aliphatic rings. The third-order valence-corrected chi connectivity index (χ3v) is 4.24. The summed E-state index contributed by atoms with van der Waals surface area (Å²) in [5, 5.41) is 18.9. The monoisotopic (exact) mass is 393 g/mol. The SMILES string of the molecule is CCOc1ccccc1NC(=O)CSc1nnc(CCC(=O)O)c(=O)n1N. The van der Waals surface area contributed by atoms with Gasteiger partial charge in [-0.15, -0.1) is 10.2 Å². The molecule has 1 heterocycles. The molecule has 0 bridgehead atoms. The van der Waals surface area contributed by atoms with Gasteiger partial charge in [-0.25, -0.2) is 0 Å². The largest absolute Gasteiger partial charge is 0.492 e. The fourth-order valence-corrected chi connectivity index (χ4v) is 2.72. The quantitative estimate of drug-likeness (QED) is 0.409. The van der Waals surface area contributed by atoms with Gasteiger partial charge in [0.1, 0.15) is 11.4 Å². The number of anilines is 1. The van der Waals surface area contributed by atoms with Crippen LogP contribution in [0.4, 0.5) is 5.69 Å². The molecule has 27 heavy (non-hydrogen) atoms. The Balaban J connectivity index is 2.00. The molecule has 2 aromatic rings. The van der Waals surface area contributed by atoms with E-state index in [0.717, 1.165) is 16.4 Å². The molecule has 1 aromatic heterocycles. The van der Waals surface area contributed by atoms with E-state index in [9.17, 15) is 14.4 Å². The first kappa shape index (κ1) is 20.2. The molecule has 4 N–H and O–H groups in total. The van der Waals surface area contributed by atoms with E-state index in [1.165, 1.54) is 0 Å². The van der Waals surface area contributed by atoms with Gasteiger partial charge in [0.15, 0.2) is 0 Å². The van der Waals surface area contributed by atoms with Crippen LogP contribution in [0.2, 0.25) is 0 Å². The van der Waals surface area contributed by atoms with Crippen molar-refractivity contribution >= 4 is 29.3 Å². The Labute approximate surface area is 158 Å². The number of para-hydroxylation sites is 2. The van der Waals surface area contributed by atoms with Crippen molar-refractivity contribution in [2.45, 2.75) is 24.9 Å². The topological polar surface area (TPSA) is 149 Å². The first-order valence-corrected chi connectivity index (χ1v) is 9.00. The van der Waals surface area contributed by atoms with Gasteiger partial charge in [0.2, 0.25) is 11.1 Å². The summed E-state index contributed by atoms with van der Waals surface area (Å²) in [6.45, 7) is 2.30. The number of hydrogen-bond donors (Lipinski definition) is 3. The van der Waals surface area contributed by atoms with Gasteiger partial charge >= 0.3 is 5.97 Å². The van der Waals surface area contributed by atoms with E-state index in [4.69, 9.17) is 15.7 Å². The molecule has 0 fully saturated rings. The summed E-state index contributed by atoms with van der Waals surface area (Å²) >= 11 is 0.936. The summed E-state index contributed by atoms with van der Waals surface area (Å²) in [4.78, 5) is 34.8. The smallest absolute Gasteiger partial charge is 0.303 e. The van der Waals surface area contributed by atoms with Crippen LogP contribution in [0.15, 0.2) is 34.2 Å². The average Bonchev–Trinajstić information content (AvgIpc) is 2.64. The second-order valence-electron chi connectivity index (χ2n) is 5.26. The highest BCUT2D eigenvalue weighted by Crippen LogP contribution is 2.24. The number of aryl methyl sites for hydroxylation is 1. The Hall–Kier alpha value is -3.08. The molecule has 0 saturated heterocycles. The van der Waals surface area contributed by atoms with Gasteiger partial charge < -0.3 is 21.0 Å². The van der Waals surface area contributed by atoms with Gasteiger partial charge in [-0.2, -0.15) is 4.68 Å². The zero-order valence-corrected chi connectivity index (χ0v) is 15.4. The number of nitrogens with two attached hydrogens (primary N) is 1. The highest BCUT2D eigenvalue weighted by Gasteiger charge is 2.14. The Morgan fingerprint density at radius 3 is 2.78 bits per heavy atom. The average molecular weight is 393 g/mol. The molecule has 0 saturated carbocycles. The van der Waals surface area contributed by atoms with E-state index in [0.29, 0.717) is 18.0 Å². The zero-order valence-electron chi connectivity index (χ0n) is 14.5. The van der Waals surface area contributed by atoms with Gasteiger partial charge in [-0.3, -0.25) is 14.4 Å². The number of rotatable bonds is 9. The second kappa shape index (κ2) is 9.57. The van der Waals surface area contributed by atoms with Crippen LogP contribution in [0.3, 0.4) is 0 Å². The summed E-state index contributed by atoms with van der Waals surface area (Å²) in [5.41, 5.74) is -0.152. The summed E-state index contributed by atoms with van der Waals surface area (Å²) in [6.07, 6.45) is -0.323. The number of carbonyl (C=O) groups excluding carboxylic acids is 1. The fraction of sp³-hybridized carbons (Fsp3) is 0.312. The Bertz CT molecular complexity index is 886. The molecule has 0 aliphatic heterocycles. The van der Waals surface area contributed by atoms with Crippen molar-refractivity contribution in [3.8, 4) is 5.75 Å². The highest BCUT2D eigenvalue weighted by molar-refractivity contribution is 7.99. The van der Waals surface area contributed by atoms with Crippen LogP contribution in [-0.2, 0) is 16.0 Å². The Kier molecular flexibility index (Phi) is 7.17. The number of nitrogens with one attached hydrogen (secondary N) is 1. The molecule has 0 radical (unpaired) electrons. The normalized spacial score (nSPS) is 10.4. The zero-order chi connectivity index (χ0) is 19.8. The first-order chi connectivity index (χ1) is 12.9. The van der Waals surface area contributed by atoms with Gasteiger partial charge in [0, 0.05) is 6.42 Å². The van der Waals surface area contributed by atoms with Crippen molar-refractivity contribution in [2.24, 2.45) is 0 Å². The summed E-state index contributed by atoms with van der Waals surface area (Å²) in [7, 11) is 0. The maximum atomic E-state index is 12.2. The number of amides is 1. The molecule has 144 valence electrons. The number of ether oxygens (including phenoxy) is 1. The number of hydrogen-bond acceptors (Lipinski definition) is 8. The molecule has 0 unspecified atom stereocenters. The van der Waals surface area contributed by atoms with Crippen LogP contribution in [0.1, 0.15) is 19.0 Å². The lowest BCUT2D eigenvalue weighted by Gasteiger charge is -2.11. The van der Waals surface area contributed by atoms with Gasteiger partial charge in [0.05, 0.1) is 24.5 Å². The van der Waals surface area contributed by atoms with E-state index in [-0.39, 0.29) is 35.4 Å². The molecule has 10 nitrogen and oxygen atoms in total. The predicted octanol–water partition coefficient (Wildman–Crippen LogP) is 0.499. The molecule has 1 aromatic carbocycles. The molecule has 2 rings (SSSR count). The van der Waals surface area contributed by atoms with Gasteiger partial charge in [-0.05, 0) is 19.1 Å². The van der Waals surface area contributed by atoms with Gasteiger partial charge in [-0.1, -0.05) is 23.9 Å². The van der Waals surface area contributed by atoms with Crippen LogP contribution >= 0.6 is 11.8 Å². The van der Waals surface area contributed by atoms with E-state index in [1.54, 1.807) is 24.3 Å². The third-order valence-electron chi connectivity index (χ3n) is 3.30. The summed E-state index contributed by atoms with van der Waals surface area (Å²) in [5.74, 6) is 4.78.